The quantitative estimate of drug-likeness (QED) is 0.587. The molecule has 0 saturated heterocycles. The number of hydrogen-bond acceptors (Lipinski definition) is 4. The molecule has 0 radical (unpaired) electrons. The minimum atomic E-state index is -0.455. The maximum Gasteiger partial charge on any atom is 0.225 e. The Hall–Kier alpha value is -3.66. The lowest BCUT2D eigenvalue weighted by Crippen LogP contribution is -2.24. The van der Waals surface area contributed by atoms with Gasteiger partial charge in [0.15, 0.2) is 0 Å². The average Bonchev–Trinajstić information content (AvgIpc) is 3.68. The van der Waals surface area contributed by atoms with Crippen LogP contribution in [0, 0.1) is 16.7 Å². The molecule has 0 atom stereocenters. The van der Waals surface area contributed by atoms with Gasteiger partial charge in [0.05, 0.1) is 11.5 Å². The topological polar surface area (TPSA) is 102 Å². The fraction of sp³-hybridized carbons (Fsp3) is 0.304. The van der Waals surface area contributed by atoms with Gasteiger partial charge < -0.3 is 10.3 Å². The van der Waals surface area contributed by atoms with Crippen molar-refractivity contribution >= 4 is 34.9 Å². The lowest BCUT2D eigenvalue weighted by molar-refractivity contribution is -0.117. The van der Waals surface area contributed by atoms with Gasteiger partial charge in [0.25, 0.3) is 0 Å². The number of anilines is 2. The number of nitrogens with one attached hydrogen (secondary N) is 2. The lowest BCUT2D eigenvalue weighted by atomic mass is 10.0. The molecule has 2 aliphatic rings. The highest BCUT2D eigenvalue weighted by atomic mass is 16.1. The van der Waals surface area contributed by atoms with Crippen LogP contribution in [-0.4, -0.2) is 28.3 Å². The van der Waals surface area contributed by atoms with Crippen LogP contribution in [0.25, 0.3) is 22.2 Å². The molecule has 0 unspecified atom stereocenters. The van der Waals surface area contributed by atoms with Crippen molar-refractivity contribution < 1.29 is 9.59 Å². The fourth-order valence-corrected chi connectivity index (χ4v) is 3.80. The predicted molar refractivity (Wildman–Crippen MR) is 114 cm³/mol. The summed E-state index contributed by atoms with van der Waals surface area (Å²) in [6, 6.07) is 14.0. The number of hydrogen-bond donors (Lipinski definition) is 2. The van der Waals surface area contributed by atoms with Crippen molar-refractivity contribution in [3.05, 3.63) is 42.6 Å². The summed E-state index contributed by atoms with van der Waals surface area (Å²) < 4.78 is 0. The van der Waals surface area contributed by atoms with Crippen molar-refractivity contribution in [1.29, 1.82) is 5.26 Å². The Morgan fingerprint density at radius 1 is 1.30 bits per heavy atom. The van der Waals surface area contributed by atoms with Crippen molar-refractivity contribution in [2.45, 2.75) is 38.1 Å². The first-order valence-corrected chi connectivity index (χ1v) is 10.1. The Morgan fingerprint density at radius 2 is 2.07 bits per heavy atom. The van der Waals surface area contributed by atoms with Gasteiger partial charge in [-0.3, -0.25) is 14.5 Å². The van der Waals surface area contributed by atoms with E-state index in [2.05, 4.69) is 21.4 Å². The molecule has 5 rings (SSSR count). The second-order valence-corrected chi connectivity index (χ2v) is 8.21. The molecule has 2 aromatic heterocycles. The molecule has 3 aromatic rings. The van der Waals surface area contributed by atoms with E-state index in [4.69, 9.17) is 5.26 Å². The summed E-state index contributed by atoms with van der Waals surface area (Å²) in [6.45, 7) is 0. The van der Waals surface area contributed by atoms with Gasteiger partial charge in [-0.2, -0.15) is 5.26 Å². The first-order chi connectivity index (χ1) is 14.6. The summed E-state index contributed by atoms with van der Waals surface area (Å²) in [5, 5.41) is 13.0. The number of H-pyrrole nitrogens is 1. The molecule has 150 valence electrons. The number of aromatic nitrogens is 2. The zero-order valence-corrected chi connectivity index (χ0v) is 16.4. The summed E-state index contributed by atoms with van der Waals surface area (Å²) in [5.41, 5.74) is 2.92. The fourth-order valence-electron chi connectivity index (χ4n) is 3.80. The van der Waals surface area contributed by atoms with Crippen LogP contribution in [0.5, 0.6) is 0 Å². The molecule has 2 fully saturated rings. The summed E-state index contributed by atoms with van der Waals surface area (Å²) >= 11 is 0. The van der Waals surface area contributed by atoms with E-state index < -0.39 is 5.41 Å². The van der Waals surface area contributed by atoms with Gasteiger partial charge in [0, 0.05) is 29.7 Å². The maximum absolute atomic E-state index is 12.2. The molecule has 7 nitrogen and oxygen atoms in total. The van der Waals surface area contributed by atoms with Crippen LogP contribution in [0.15, 0.2) is 42.6 Å². The molecule has 0 spiro atoms. The number of aromatic amines is 1. The highest BCUT2D eigenvalue weighted by Crippen LogP contribution is 2.48. The zero-order chi connectivity index (χ0) is 20.7. The number of fused-ring (bicyclic) bond motifs is 1. The van der Waals surface area contributed by atoms with Crippen molar-refractivity contribution in [1.82, 2.24) is 9.97 Å². The SMILES string of the molecule is N#CC1(CC(=O)Nc2ccc(-c3cc(N(C=O)C4CC4)nc4[nH]ccc34)cc2)CC1. The smallest absolute Gasteiger partial charge is 0.225 e. The zero-order valence-electron chi connectivity index (χ0n) is 16.4. The number of rotatable bonds is 7. The highest BCUT2D eigenvalue weighted by molar-refractivity contribution is 5.97. The average molecular weight is 399 g/mol. The third-order valence-corrected chi connectivity index (χ3v) is 5.90. The second-order valence-electron chi connectivity index (χ2n) is 8.21. The van der Waals surface area contributed by atoms with E-state index in [9.17, 15) is 9.59 Å². The Balaban J connectivity index is 1.41. The van der Waals surface area contributed by atoms with Gasteiger partial charge in [-0.15, -0.1) is 0 Å². The van der Waals surface area contributed by atoms with Gasteiger partial charge in [-0.25, -0.2) is 4.98 Å². The molecule has 7 heteroatoms. The molecule has 30 heavy (non-hydrogen) atoms. The number of nitrogens with zero attached hydrogens (tertiary/aromatic N) is 3. The van der Waals surface area contributed by atoms with Crippen molar-refractivity contribution in [3.63, 3.8) is 0 Å². The molecule has 0 bridgehead atoms. The van der Waals surface area contributed by atoms with Crippen LogP contribution >= 0.6 is 0 Å². The van der Waals surface area contributed by atoms with Crippen LogP contribution < -0.4 is 10.2 Å². The van der Waals surface area contributed by atoms with E-state index in [1.54, 1.807) is 4.90 Å². The van der Waals surface area contributed by atoms with E-state index in [0.717, 1.165) is 54.3 Å². The van der Waals surface area contributed by atoms with E-state index in [1.165, 1.54) is 0 Å². The monoisotopic (exact) mass is 399 g/mol. The number of pyridine rings is 1. The highest BCUT2D eigenvalue weighted by Gasteiger charge is 2.44. The van der Waals surface area contributed by atoms with Crippen LogP contribution in [0.4, 0.5) is 11.5 Å². The summed E-state index contributed by atoms with van der Waals surface area (Å²) in [6.07, 6.45) is 6.53. The second kappa shape index (κ2) is 6.99. The number of carbonyl (C=O) groups excluding carboxylic acids is 2. The minimum Gasteiger partial charge on any atom is -0.346 e. The standard InChI is InChI=1S/C23H21N5O2/c24-13-23(8-9-23)12-21(30)26-16-3-1-15(2-4-16)19-11-20(28(14-29)17-5-6-17)27-22-18(19)7-10-25-22/h1-4,7,10-11,14,17H,5-6,8-9,12H2,(H,25,27)(H,26,30). The van der Waals surface area contributed by atoms with Crippen molar-refractivity contribution in [2.24, 2.45) is 5.41 Å². The molecule has 2 N–H and O–H groups in total. The largest absolute Gasteiger partial charge is 0.346 e. The molecule has 2 aliphatic carbocycles. The first kappa shape index (κ1) is 18.4. The summed E-state index contributed by atoms with van der Waals surface area (Å²) in [5.74, 6) is 0.508. The molecule has 2 amide bonds. The van der Waals surface area contributed by atoms with Gasteiger partial charge in [0.2, 0.25) is 12.3 Å². The number of carbonyl (C=O) groups is 2. The Morgan fingerprint density at radius 3 is 2.70 bits per heavy atom. The van der Waals surface area contributed by atoms with Crippen LogP contribution in [0.1, 0.15) is 32.1 Å². The van der Waals surface area contributed by atoms with Crippen LogP contribution in [0.2, 0.25) is 0 Å². The Bertz CT molecular complexity index is 1170. The molecular weight excluding hydrogens is 378 g/mol. The third kappa shape index (κ3) is 3.41. The van der Waals surface area contributed by atoms with Gasteiger partial charge in [0.1, 0.15) is 11.5 Å². The van der Waals surface area contributed by atoms with Gasteiger partial charge >= 0.3 is 0 Å². The molecule has 2 saturated carbocycles. The summed E-state index contributed by atoms with van der Waals surface area (Å²) in [7, 11) is 0. The van der Waals surface area contributed by atoms with Crippen molar-refractivity contribution in [3.8, 4) is 17.2 Å². The Kier molecular flexibility index (Phi) is 4.28. The van der Waals surface area contributed by atoms with Crippen LogP contribution in [-0.2, 0) is 9.59 Å². The third-order valence-electron chi connectivity index (χ3n) is 5.90. The predicted octanol–water partition coefficient (Wildman–Crippen LogP) is 3.99. The first-order valence-electron chi connectivity index (χ1n) is 10.1. The molecule has 0 aliphatic heterocycles. The summed E-state index contributed by atoms with van der Waals surface area (Å²) in [4.78, 5) is 33.3. The normalized spacial score (nSPS) is 16.6. The van der Waals surface area contributed by atoms with E-state index in [0.29, 0.717) is 11.5 Å². The minimum absolute atomic E-state index is 0.132. The number of amides is 2. The van der Waals surface area contributed by atoms with E-state index in [1.807, 2.05) is 42.6 Å². The molecular formula is C23H21N5O2. The number of nitriles is 1. The maximum atomic E-state index is 12.2. The van der Waals surface area contributed by atoms with Gasteiger partial charge in [-0.05, 0) is 61.1 Å². The van der Waals surface area contributed by atoms with E-state index >= 15 is 0 Å². The molecule has 1 aromatic carbocycles. The van der Waals surface area contributed by atoms with Crippen molar-refractivity contribution in [2.75, 3.05) is 10.2 Å². The van der Waals surface area contributed by atoms with Gasteiger partial charge in [-0.1, -0.05) is 12.1 Å². The number of benzene rings is 1. The molecule has 2 heterocycles. The van der Waals surface area contributed by atoms with Crippen LogP contribution in [0.3, 0.4) is 0 Å². The Labute approximate surface area is 173 Å². The van der Waals surface area contributed by atoms with E-state index in [-0.39, 0.29) is 18.4 Å². The lowest BCUT2D eigenvalue weighted by Gasteiger charge is -2.17.